The van der Waals surface area contributed by atoms with Crippen molar-refractivity contribution < 1.29 is 13.9 Å². The lowest BCUT2D eigenvalue weighted by molar-refractivity contribution is 0.172. The molecule has 2 amide bonds. The van der Waals surface area contributed by atoms with Crippen LogP contribution in [-0.4, -0.2) is 29.6 Å². The zero-order valence-corrected chi connectivity index (χ0v) is 18.2. The molecule has 1 atom stereocenters. The Hall–Kier alpha value is -2.86. The normalized spacial score (nSPS) is 12.1. The molecule has 0 radical (unpaired) electrons. The first-order chi connectivity index (χ1) is 14.4. The highest BCUT2D eigenvalue weighted by molar-refractivity contribution is 6.31. The molecule has 1 aromatic heterocycles. The topological polar surface area (TPSA) is 54.5 Å². The van der Waals surface area contributed by atoms with E-state index in [4.69, 9.17) is 16.3 Å². The number of hydrogen-bond acceptors (Lipinski definition) is 3. The van der Waals surface area contributed by atoms with Gasteiger partial charge in [-0.05, 0) is 42.5 Å². The van der Waals surface area contributed by atoms with Gasteiger partial charge in [0.1, 0.15) is 5.82 Å². The summed E-state index contributed by atoms with van der Waals surface area (Å²) in [4.78, 5) is 19.4. The van der Waals surface area contributed by atoms with Crippen molar-refractivity contribution >= 4 is 34.1 Å². The number of rotatable bonds is 6. The quantitative estimate of drug-likeness (QED) is 0.501. The first-order valence-electron chi connectivity index (χ1n) is 9.81. The Bertz CT molecular complexity index is 1060. The number of fused-ring (bicyclic) bond motifs is 1. The molecule has 0 saturated carbocycles. The number of carbonyl (C=O) groups excluding carboxylic acids is 1. The molecule has 0 unspecified atom stereocenters. The molecule has 0 aliphatic heterocycles. The minimum Gasteiger partial charge on any atom is -0.481 e. The number of benzene rings is 2. The molecule has 3 rings (SSSR count). The second-order valence-corrected chi connectivity index (χ2v) is 7.71. The molecule has 1 heterocycles. The molecule has 158 valence electrons. The molecular weight excluding hydrogens is 405 g/mol. The number of pyridine rings is 1. The fraction of sp³-hybridized carbons (Fsp3) is 0.304. The molecule has 5 nitrogen and oxygen atoms in total. The van der Waals surface area contributed by atoms with E-state index in [-0.39, 0.29) is 23.0 Å². The monoisotopic (exact) mass is 429 g/mol. The number of nitrogens with one attached hydrogen (secondary N) is 1. The Morgan fingerprint density at radius 3 is 2.53 bits per heavy atom. The van der Waals surface area contributed by atoms with Crippen LogP contribution in [-0.2, 0) is 0 Å². The van der Waals surface area contributed by atoms with Crippen LogP contribution in [0.15, 0.2) is 48.7 Å². The predicted molar refractivity (Wildman–Crippen MR) is 119 cm³/mol. The van der Waals surface area contributed by atoms with Crippen molar-refractivity contribution in [3.05, 3.63) is 65.1 Å². The number of anilines is 1. The third kappa shape index (κ3) is 4.33. The Labute approximate surface area is 180 Å². The van der Waals surface area contributed by atoms with Crippen LogP contribution >= 0.6 is 11.6 Å². The molecule has 7 heteroatoms. The first kappa shape index (κ1) is 21.8. The zero-order chi connectivity index (χ0) is 21.8. The summed E-state index contributed by atoms with van der Waals surface area (Å²) in [5, 5.41) is 4.67. The van der Waals surface area contributed by atoms with E-state index in [9.17, 15) is 9.18 Å². The molecule has 0 spiro atoms. The van der Waals surface area contributed by atoms with Gasteiger partial charge in [-0.2, -0.15) is 0 Å². The van der Waals surface area contributed by atoms with Crippen LogP contribution in [0.3, 0.4) is 0 Å². The highest BCUT2D eigenvalue weighted by Crippen LogP contribution is 2.36. The van der Waals surface area contributed by atoms with Crippen molar-refractivity contribution in [2.24, 2.45) is 5.92 Å². The van der Waals surface area contributed by atoms with Crippen molar-refractivity contribution in [3.63, 3.8) is 0 Å². The number of nitrogens with zero attached hydrogens (tertiary/aromatic N) is 2. The lowest BCUT2D eigenvalue weighted by atomic mass is 9.92. The summed E-state index contributed by atoms with van der Waals surface area (Å²) >= 11 is 5.85. The SMILES string of the molecule is CCN(C(=O)Nc1ccc(F)c(Cl)c1)[C@@H](c1cnc(OC)c2ccccc12)C(C)C. The summed E-state index contributed by atoms with van der Waals surface area (Å²) in [6.07, 6.45) is 1.77. The van der Waals surface area contributed by atoms with E-state index in [0.29, 0.717) is 18.1 Å². The highest BCUT2D eigenvalue weighted by atomic mass is 35.5. The first-order valence-corrected chi connectivity index (χ1v) is 10.2. The maximum absolute atomic E-state index is 13.5. The van der Waals surface area contributed by atoms with Gasteiger partial charge in [0.15, 0.2) is 0 Å². The smallest absolute Gasteiger partial charge is 0.322 e. The van der Waals surface area contributed by atoms with Gasteiger partial charge < -0.3 is 15.0 Å². The maximum atomic E-state index is 13.5. The van der Waals surface area contributed by atoms with Gasteiger partial charge in [0.05, 0.1) is 18.2 Å². The number of amides is 2. The van der Waals surface area contributed by atoms with Crippen molar-refractivity contribution in [3.8, 4) is 5.88 Å². The Morgan fingerprint density at radius 1 is 1.23 bits per heavy atom. The molecule has 3 aromatic rings. The number of aromatic nitrogens is 1. The van der Waals surface area contributed by atoms with E-state index in [1.165, 1.54) is 18.2 Å². The van der Waals surface area contributed by atoms with Crippen LogP contribution < -0.4 is 10.1 Å². The van der Waals surface area contributed by atoms with E-state index >= 15 is 0 Å². The van der Waals surface area contributed by atoms with Gasteiger partial charge in [-0.3, -0.25) is 0 Å². The second-order valence-electron chi connectivity index (χ2n) is 7.30. The predicted octanol–water partition coefficient (Wildman–Crippen LogP) is 6.29. The Balaban J connectivity index is 2.01. The molecule has 1 N–H and O–H groups in total. The average Bonchev–Trinajstić information content (AvgIpc) is 2.73. The summed E-state index contributed by atoms with van der Waals surface area (Å²) in [7, 11) is 1.59. The van der Waals surface area contributed by atoms with Crippen LogP contribution in [0, 0.1) is 11.7 Å². The van der Waals surface area contributed by atoms with E-state index in [1.54, 1.807) is 18.2 Å². The van der Waals surface area contributed by atoms with Crippen molar-refractivity contribution in [2.75, 3.05) is 19.0 Å². The van der Waals surface area contributed by atoms with Gasteiger partial charge in [-0.1, -0.05) is 43.6 Å². The standard InChI is InChI=1S/C23H25ClFN3O2/c1-5-28(23(29)27-15-10-11-20(25)19(24)12-15)21(14(2)3)18-13-26-22(30-4)17-9-7-6-8-16(17)18/h6-14,21H,5H2,1-4H3,(H,27,29)/t21-/m1/s1. The number of halogens is 2. The fourth-order valence-electron chi connectivity index (χ4n) is 3.71. The molecule has 0 aliphatic carbocycles. The molecule has 0 aliphatic rings. The Morgan fingerprint density at radius 2 is 1.93 bits per heavy atom. The van der Waals surface area contributed by atoms with Gasteiger partial charge in [-0.15, -0.1) is 0 Å². The van der Waals surface area contributed by atoms with Crippen LogP contribution in [0.4, 0.5) is 14.9 Å². The van der Waals surface area contributed by atoms with Gasteiger partial charge in [0, 0.05) is 29.4 Å². The average molecular weight is 430 g/mol. The summed E-state index contributed by atoms with van der Waals surface area (Å²) in [6, 6.07) is 11.5. The molecule has 0 fully saturated rings. The number of urea groups is 1. The van der Waals surface area contributed by atoms with Crippen molar-refractivity contribution in [1.82, 2.24) is 9.88 Å². The summed E-state index contributed by atoms with van der Waals surface area (Å²) in [5.41, 5.74) is 1.38. The lowest BCUT2D eigenvalue weighted by Crippen LogP contribution is -2.40. The summed E-state index contributed by atoms with van der Waals surface area (Å²) in [5.74, 6) is 0.134. The minimum atomic E-state index is -0.530. The van der Waals surface area contributed by atoms with Crippen LogP contribution in [0.1, 0.15) is 32.4 Å². The van der Waals surface area contributed by atoms with E-state index in [1.807, 2.05) is 31.2 Å². The van der Waals surface area contributed by atoms with E-state index in [0.717, 1.165) is 16.3 Å². The van der Waals surface area contributed by atoms with Gasteiger partial charge in [0.25, 0.3) is 0 Å². The highest BCUT2D eigenvalue weighted by Gasteiger charge is 2.29. The van der Waals surface area contributed by atoms with Crippen LogP contribution in [0.25, 0.3) is 10.8 Å². The molecule has 2 aromatic carbocycles. The third-order valence-electron chi connectivity index (χ3n) is 5.04. The summed E-state index contributed by atoms with van der Waals surface area (Å²) < 4.78 is 18.9. The van der Waals surface area contributed by atoms with Gasteiger partial charge >= 0.3 is 6.03 Å². The minimum absolute atomic E-state index is 0.0402. The van der Waals surface area contributed by atoms with Gasteiger partial charge in [-0.25, -0.2) is 14.2 Å². The van der Waals surface area contributed by atoms with Gasteiger partial charge in [0.2, 0.25) is 5.88 Å². The lowest BCUT2D eigenvalue weighted by Gasteiger charge is -2.34. The number of carbonyl (C=O) groups is 1. The number of methoxy groups -OCH3 is 1. The summed E-state index contributed by atoms with van der Waals surface area (Å²) in [6.45, 7) is 6.53. The van der Waals surface area contributed by atoms with Crippen molar-refractivity contribution in [2.45, 2.75) is 26.8 Å². The second kappa shape index (κ2) is 9.30. The molecule has 0 saturated heterocycles. The largest absolute Gasteiger partial charge is 0.481 e. The number of ether oxygens (including phenoxy) is 1. The Kier molecular flexibility index (Phi) is 6.77. The molecular formula is C23H25ClFN3O2. The van der Waals surface area contributed by atoms with Crippen LogP contribution in [0.2, 0.25) is 5.02 Å². The fourth-order valence-corrected chi connectivity index (χ4v) is 3.89. The van der Waals surface area contributed by atoms with E-state index < -0.39 is 5.82 Å². The van der Waals surface area contributed by atoms with Crippen LogP contribution in [0.5, 0.6) is 5.88 Å². The zero-order valence-electron chi connectivity index (χ0n) is 17.4. The maximum Gasteiger partial charge on any atom is 0.322 e. The van der Waals surface area contributed by atoms with Crippen molar-refractivity contribution in [1.29, 1.82) is 0 Å². The van der Waals surface area contributed by atoms with E-state index in [2.05, 4.69) is 24.1 Å². The number of hydrogen-bond donors (Lipinski definition) is 1. The third-order valence-corrected chi connectivity index (χ3v) is 5.33. The molecule has 30 heavy (non-hydrogen) atoms. The molecule has 0 bridgehead atoms.